The van der Waals surface area contributed by atoms with Crippen molar-refractivity contribution in [2.45, 2.75) is 13.0 Å². The van der Waals surface area contributed by atoms with E-state index in [1.54, 1.807) is 36.3 Å². The average molecular weight is 349 g/mol. The number of anilines is 1. The number of benzene rings is 2. The van der Waals surface area contributed by atoms with Gasteiger partial charge in [-0.3, -0.25) is 4.79 Å². The van der Waals surface area contributed by atoms with Gasteiger partial charge in [0, 0.05) is 36.6 Å². The number of rotatable bonds is 4. The molecule has 6 heteroatoms. The summed E-state index contributed by atoms with van der Waals surface area (Å²) in [6, 6.07) is 14.6. The Morgan fingerprint density at radius 1 is 1.08 bits per heavy atom. The minimum Gasteiger partial charge on any atom is -0.497 e. The summed E-state index contributed by atoms with van der Waals surface area (Å²) in [7, 11) is 1.58. The molecule has 3 aromatic rings. The molecule has 0 aliphatic carbocycles. The number of carbonyl (C=O) groups excluding carboxylic acids is 2. The highest BCUT2D eigenvalue weighted by Crippen LogP contribution is 2.26. The first-order chi connectivity index (χ1) is 12.7. The number of aromatic amines is 1. The highest BCUT2D eigenvalue weighted by molar-refractivity contribution is 6.15. The van der Waals surface area contributed by atoms with Crippen LogP contribution in [0.3, 0.4) is 0 Å². The number of carbonyl (C=O) groups is 2. The van der Waals surface area contributed by atoms with Crippen molar-refractivity contribution < 1.29 is 14.3 Å². The number of imide groups is 1. The van der Waals surface area contributed by atoms with Crippen molar-refractivity contribution in [3.63, 3.8) is 0 Å². The summed E-state index contributed by atoms with van der Waals surface area (Å²) >= 11 is 0. The fourth-order valence-corrected chi connectivity index (χ4v) is 3.29. The minimum absolute atomic E-state index is 0.185. The van der Waals surface area contributed by atoms with Crippen molar-refractivity contribution in [2.75, 3.05) is 18.6 Å². The summed E-state index contributed by atoms with van der Waals surface area (Å²) < 4.78 is 5.14. The number of hydrogen-bond donors (Lipinski definition) is 1. The maximum Gasteiger partial charge on any atom is 0.331 e. The van der Waals surface area contributed by atoms with E-state index in [-0.39, 0.29) is 11.9 Å². The van der Waals surface area contributed by atoms with Crippen LogP contribution in [0.5, 0.6) is 5.75 Å². The Morgan fingerprint density at radius 3 is 2.62 bits per heavy atom. The molecule has 1 aliphatic heterocycles. The summed E-state index contributed by atoms with van der Waals surface area (Å²) in [6.45, 7) is 0.882. The highest BCUT2D eigenvalue weighted by Gasteiger charge is 2.33. The molecule has 2 aromatic carbocycles. The molecule has 1 saturated heterocycles. The Labute approximate surface area is 151 Å². The number of urea groups is 1. The van der Waals surface area contributed by atoms with Gasteiger partial charge in [-0.1, -0.05) is 18.2 Å². The van der Waals surface area contributed by atoms with E-state index in [4.69, 9.17) is 4.74 Å². The van der Waals surface area contributed by atoms with Gasteiger partial charge in [0.15, 0.2) is 0 Å². The topological polar surface area (TPSA) is 65.6 Å². The zero-order valence-electron chi connectivity index (χ0n) is 14.4. The van der Waals surface area contributed by atoms with Crippen molar-refractivity contribution in [3.05, 3.63) is 60.3 Å². The molecule has 6 nitrogen and oxygen atoms in total. The van der Waals surface area contributed by atoms with Crippen LogP contribution in [-0.4, -0.2) is 35.5 Å². The standard InChI is InChI=1S/C20H19N3O3/c1-26-16-8-6-15(7-9-16)23-19(24)10-11-22(20(23)25)13-14-12-21-18-5-3-2-4-17(14)18/h2-9,12,21H,10-11,13H2,1H3. The molecule has 26 heavy (non-hydrogen) atoms. The van der Waals surface area contributed by atoms with E-state index in [9.17, 15) is 9.59 Å². The van der Waals surface area contributed by atoms with Gasteiger partial charge in [0.2, 0.25) is 5.91 Å². The third-order valence-electron chi connectivity index (χ3n) is 4.67. The predicted octanol–water partition coefficient (Wildman–Crippen LogP) is 3.54. The quantitative estimate of drug-likeness (QED) is 0.783. The number of nitrogens with zero attached hydrogens (tertiary/aromatic N) is 2. The number of methoxy groups -OCH3 is 1. The minimum atomic E-state index is -0.295. The van der Waals surface area contributed by atoms with Crippen LogP contribution < -0.4 is 9.64 Å². The van der Waals surface area contributed by atoms with Gasteiger partial charge in [0.05, 0.1) is 12.8 Å². The van der Waals surface area contributed by atoms with E-state index in [0.717, 1.165) is 16.5 Å². The SMILES string of the molecule is COc1ccc(N2C(=O)CCN(Cc3c[nH]c4ccccc34)C2=O)cc1. The van der Waals surface area contributed by atoms with Crippen LogP contribution in [-0.2, 0) is 11.3 Å². The highest BCUT2D eigenvalue weighted by atomic mass is 16.5. The van der Waals surface area contributed by atoms with E-state index in [2.05, 4.69) is 4.98 Å². The third-order valence-corrected chi connectivity index (χ3v) is 4.67. The summed E-state index contributed by atoms with van der Waals surface area (Å²) in [5.74, 6) is 0.497. The molecule has 1 aliphatic rings. The van der Waals surface area contributed by atoms with Crippen LogP contribution in [0.4, 0.5) is 10.5 Å². The van der Waals surface area contributed by atoms with Gasteiger partial charge < -0.3 is 14.6 Å². The van der Waals surface area contributed by atoms with Gasteiger partial charge >= 0.3 is 6.03 Å². The number of fused-ring (bicyclic) bond motifs is 1. The molecule has 1 N–H and O–H groups in total. The van der Waals surface area contributed by atoms with Crippen molar-refractivity contribution in [1.82, 2.24) is 9.88 Å². The number of amides is 3. The largest absolute Gasteiger partial charge is 0.497 e. The molecular formula is C20H19N3O3. The van der Waals surface area contributed by atoms with E-state index < -0.39 is 0 Å². The zero-order chi connectivity index (χ0) is 18.1. The molecule has 0 bridgehead atoms. The van der Waals surface area contributed by atoms with Crippen LogP contribution in [0.2, 0.25) is 0 Å². The monoisotopic (exact) mass is 349 g/mol. The molecule has 1 aromatic heterocycles. The number of para-hydroxylation sites is 1. The average Bonchev–Trinajstić information content (AvgIpc) is 3.08. The van der Waals surface area contributed by atoms with Gasteiger partial charge in [0.25, 0.3) is 0 Å². The van der Waals surface area contributed by atoms with Crippen LogP contribution >= 0.6 is 0 Å². The Hall–Kier alpha value is -3.28. The first-order valence-electron chi connectivity index (χ1n) is 8.48. The summed E-state index contributed by atoms with van der Waals surface area (Å²) in [4.78, 5) is 31.5. The molecule has 0 unspecified atom stereocenters. The van der Waals surface area contributed by atoms with Crippen LogP contribution in [0.15, 0.2) is 54.7 Å². The summed E-state index contributed by atoms with van der Waals surface area (Å²) in [5.41, 5.74) is 2.64. The smallest absolute Gasteiger partial charge is 0.331 e. The lowest BCUT2D eigenvalue weighted by atomic mass is 10.1. The molecule has 0 saturated carbocycles. The van der Waals surface area contributed by atoms with Gasteiger partial charge in [-0.05, 0) is 35.9 Å². The Kier molecular flexibility index (Phi) is 4.08. The van der Waals surface area contributed by atoms with E-state index >= 15 is 0 Å². The summed E-state index contributed by atoms with van der Waals surface area (Å²) in [6.07, 6.45) is 2.23. The lowest BCUT2D eigenvalue weighted by Crippen LogP contribution is -2.52. The molecule has 3 amide bonds. The number of hydrogen-bond acceptors (Lipinski definition) is 3. The molecule has 132 valence electrons. The Bertz CT molecular complexity index is 962. The van der Waals surface area contributed by atoms with E-state index in [0.29, 0.717) is 30.9 Å². The second-order valence-corrected chi connectivity index (χ2v) is 6.24. The van der Waals surface area contributed by atoms with Crippen molar-refractivity contribution in [1.29, 1.82) is 0 Å². The Balaban J connectivity index is 1.59. The maximum absolute atomic E-state index is 12.9. The fourth-order valence-electron chi connectivity index (χ4n) is 3.29. The molecule has 0 spiro atoms. The lowest BCUT2D eigenvalue weighted by molar-refractivity contribution is -0.119. The predicted molar refractivity (Wildman–Crippen MR) is 99.2 cm³/mol. The van der Waals surface area contributed by atoms with Gasteiger partial charge in [-0.2, -0.15) is 0 Å². The van der Waals surface area contributed by atoms with Gasteiger partial charge in [-0.15, -0.1) is 0 Å². The van der Waals surface area contributed by atoms with Gasteiger partial charge in [-0.25, -0.2) is 9.69 Å². The molecule has 0 atom stereocenters. The van der Waals surface area contributed by atoms with E-state index in [1.807, 2.05) is 30.5 Å². The van der Waals surface area contributed by atoms with Crippen molar-refractivity contribution in [3.8, 4) is 5.75 Å². The van der Waals surface area contributed by atoms with Crippen LogP contribution in [0.1, 0.15) is 12.0 Å². The van der Waals surface area contributed by atoms with Crippen molar-refractivity contribution >= 4 is 28.5 Å². The lowest BCUT2D eigenvalue weighted by Gasteiger charge is -2.34. The van der Waals surface area contributed by atoms with Gasteiger partial charge in [0.1, 0.15) is 5.75 Å². The molecule has 1 fully saturated rings. The molecular weight excluding hydrogens is 330 g/mol. The molecule has 0 radical (unpaired) electrons. The number of ether oxygens (including phenoxy) is 1. The molecule has 2 heterocycles. The maximum atomic E-state index is 12.9. The van der Waals surface area contributed by atoms with Crippen LogP contribution in [0.25, 0.3) is 10.9 Å². The molecule has 4 rings (SSSR count). The van der Waals surface area contributed by atoms with Crippen molar-refractivity contribution in [2.24, 2.45) is 0 Å². The number of H-pyrrole nitrogens is 1. The van der Waals surface area contributed by atoms with Crippen LogP contribution in [0, 0.1) is 0 Å². The summed E-state index contributed by atoms with van der Waals surface area (Å²) in [5, 5.41) is 1.09. The number of nitrogens with one attached hydrogen (secondary N) is 1. The third kappa shape index (κ3) is 2.79. The number of aromatic nitrogens is 1. The second-order valence-electron chi connectivity index (χ2n) is 6.24. The zero-order valence-corrected chi connectivity index (χ0v) is 14.4. The Morgan fingerprint density at radius 2 is 1.85 bits per heavy atom. The first-order valence-corrected chi connectivity index (χ1v) is 8.48. The first kappa shape index (κ1) is 16.2. The second kappa shape index (κ2) is 6.55. The fraction of sp³-hybridized carbons (Fsp3) is 0.200. The van der Waals surface area contributed by atoms with E-state index in [1.165, 1.54) is 4.90 Å². The normalized spacial score (nSPS) is 15.0.